The second kappa shape index (κ2) is 5.55. The predicted molar refractivity (Wildman–Crippen MR) is 79.3 cm³/mol. The van der Waals surface area contributed by atoms with Gasteiger partial charge in [-0.2, -0.15) is 0 Å². The zero-order valence-corrected chi connectivity index (χ0v) is 11.6. The molecule has 0 saturated carbocycles. The molecular formula is C16H14ClNO2. The fourth-order valence-electron chi connectivity index (χ4n) is 2.23. The fraction of sp³-hybridized carbons (Fsp3) is 0.188. The van der Waals surface area contributed by atoms with Crippen LogP contribution >= 0.6 is 11.6 Å². The molecule has 1 N–H and O–H groups in total. The lowest BCUT2D eigenvalue weighted by Crippen LogP contribution is -2.25. The Labute approximate surface area is 122 Å². The molecule has 1 amide bonds. The summed E-state index contributed by atoms with van der Waals surface area (Å²) in [6, 6.07) is 15.8. The summed E-state index contributed by atoms with van der Waals surface area (Å²) in [7, 11) is 0. The maximum Gasteiger partial charge on any atom is 0.262 e. The molecular weight excluding hydrogens is 274 g/mol. The average Bonchev–Trinajstić information content (AvgIpc) is 2.47. The highest BCUT2D eigenvalue weighted by molar-refractivity contribution is 6.21. The van der Waals surface area contributed by atoms with Crippen molar-refractivity contribution >= 4 is 23.2 Å². The standard InChI is InChI=1S/C16H14ClNO2/c17-13(8-11-4-2-1-3-5-11)12-6-7-15-14(9-12)18-16(19)10-20-15/h1-7,9,13H,8,10H2,(H,18,19). The van der Waals surface area contributed by atoms with Gasteiger partial charge in [-0.25, -0.2) is 0 Å². The normalized spacial score (nSPS) is 14.9. The summed E-state index contributed by atoms with van der Waals surface area (Å²) < 4.78 is 5.33. The van der Waals surface area contributed by atoms with Gasteiger partial charge in [-0.3, -0.25) is 4.79 Å². The largest absolute Gasteiger partial charge is 0.482 e. The van der Waals surface area contributed by atoms with E-state index in [1.165, 1.54) is 5.56 Å². The molecule has 0 aliphatic carbocycles. The van der Waals surface area contributed by atoms with Gasteiger partial charge in [-0.05, 0) is 29.7 Å². The Morgan fingerprint density at radius 1 is 1.20 bits per heavy atom. The number of fused-ring (bicyclic) bond motifs is 1. The van der Waals surface area contributed by atoms with E-state index in [-0.39, 0.29) is 17.9 Å². The van der Waals surface area contributed by atoms with Crippen LogP contribution < -0.4 is 10.1 Å². The monoisotopic (exact) mass is 287 g/mol. The highest BCUT2D eigenvalue weighted by Crippen LogP contribution is 2.33. The van der Waals surface area contributed by atoms with Crippen LogP contribution in [0.25, 0.3) is 0 Å². The molecule has 0 saturated heterocycles. The van der Waals surface area contributed by atoms with Crippen molar-refractivity contribution in [2.24, 2.45) is 0 Å². The Bertz CT molecular complexity index is 628. The number of hydrogen-bond acceptors (Lipinski definition) is 2. The first kappa shape index (κ1) is 13.0. The third-order valence-electron chi connectivity index (χ3n) is 3.26. The SMILES string of the molecule is O=C1COc2ccc(C(Cl)Cc3ccccc3)cc2N1. The van der Waals surface area contributed by atoms with Crippen LogP contribution in [0.15, 0.2) is 48.5 Å². The molecule has 0 radical (unpaired) electrons. The molecule has 2 aromatic carbocycles. The van der Waals surface area contributed by atoms with Gasteiger partial charge in [-0.1, -0.05) is 36.4 Å². The highest BCUT2D eigenvalue weighted by atomic mass is 35.5. The lowest BCUT2D eigenvalue weighted by Gasteiger charge is -2.19. The molecule has 0 spiro atoms. The molecule has 2 aromatic rings. The summed E-state index contributed by atoms with van der Waals surface area (Å²) in [5, 5.41) is 2.66. The number of rotatable bonds is 3. The molecule has 1 unspecified atom stereocenters. The van der Waals surface area contributed by atoms with Gasteiger partial charge in [0.05, 0.1) is 11.1 Å². The number of benzene rings is 2. The first-order valence-corrected chi connectivity index (χ1v) is 6.90. The number of carbonyl (C=O) groups is 1. The highest BCUT2D eigenvalue weighted by Gasteiger charge is 2.18. The van der Waals surface area contributed by atoms with E-state index in [0.717, 1.165) is 12.0 Å². The summed E-state index contributed by atoms with van der Waals surface area (Å²) in [5.74, 6) is 0.556. The van der Waals surface area contributed by atoms with E-state index in [4.69, 9.17) is 16.3 Å². The maximum absolute atomic E-state index is 11.3. The van der Waals surface area contributed by atoms with E-state index in [2.05, 4.69) is 17.4 Å². The first-order chi connectivity index (χ1) is 9.72. The minimum absolute atomic E-state index is 0.0701. The number of hydrogen-bond donors (Lipinski definition) is 1. The molecule has 1 atom stereocenters. The Balaban J connectivity index is 1.80. The van der Waals surface area contributed by atoms with Gasteiger partial charge in [0.15, 0.2) is 6.61 Å². The van der Waals surface area contributed by atoms with Gasteiger partial charge in [0.1, 0.15) is 5.75 Å². The number of anilines is 1. The van der Waals surface area contributed by atoms with Crippen molar-refractivity contribution in [3.05, 3.63) is 59.7 Å². The summed E-state index contributed by atoms with van der Waals surface area (Å²) >= 11 is 6.47. The van der Waals surface area contributed by atoms with E-state index >= 15 is 0 Å². The van der Waals surface area contributed by atoms with Crippen LogP contribution in [0.3, 0.4) is 0 Å². The molecule has 3 nitrogen and oxygen atoms in total. The Morgan fingerprint density at radius 3 is 2.80 bits per heavy atom. The summed E-state index contributed by atoms with van der Waals surface area (Å²) in [5.41, 5.74) is 2.85. The summed E-state index contributed by atoms with van der Waals surface area (Å²) in [4.78, 5) is 11.3. The van der Waals surface area contributed by atoms with Crippen LogP contribution in [0.1, 0.15) is 16.5 Å². The van der Waals surface area contributed by atoms with E-state index in [9.17, 15) is 4.79 Å². The Morgan fingerprint density at radius 2 is 2.00 bits per heavy atom. The molecule has 0 aromatic heterocycles. The van der Waals surface area contributed by atoms with Crippen LogP contribution in [0.2, 0.25) is 0 Å². The maximum atomic E-state index is 11.3. The molecule has 4 heteroatoms. The molecule has 3 rings (SSSR count). The van der Waals surface area contributed by atoms with Crippen molar-refractivity contribution in [2.45, 2.75) is 11.8 Å². The second-order valence-electron chi connectivity index (χ2n) is 4.75. The summed E-state index contributed by atoms with van der Waals surface area (Å²) in [6.07, 6.45) is 0.746. The second-order valence-corrected chi connectivity index (χ2v) is 5.28. The van der Waals surface area contributed by atoms with Crippen LogP contribution in [0, 0.1) is 0 Å². The van der Waals surface area contributed by atoms with Crippen LogP contribution in [-0.2, 0) is 11.2 Å². The molecule has 1 aliphatic rings. The Kier molecular flexibility index (Phi) is 3.61. The molecule has 20 heavy (non-hydrogen) atoms. The quantitative estimate of drug-likeness (QED) is 0.877. The molecule has 1 heterocycles. The topological polar surface area (TPSA) is 38.3 Å². The van der Waals surface area contributed by atoms with Crippen molar-refractivity contribution in [3.63, 3.8) is 0 Å². The van der Waals surface area contributed by atoms with Gasteiger partial charge < -0.3 is 10.1 Å². The molecule has 0 bridgehead atoms. The van der Waals surface area contributed by atoms with Crippen LogP contribution in [0.5, 0.6) is 5.75 Å². The van der Waals surface area contributed by atoms with Crippen molar-refractivity contribution < 1.29 is 9.53 Å². The number of carbonyl (C=O) groups excluding carboxylic acids is 1. The van der Waals surface area contributed by atoms with E-state index in [0.29, 0.717) is 11.4 Å². The lowest BCUT2D eigenvalue weighted by molar-refractivity contribution is -0.118. The van der Waals surface area contributed by atoms with Crippen molar-refractivity contribution in [3.8, 4) is 5.75 Å². The van der Waals surface area contributed by atoms with E-state index in [1.54, 1.807) is 0 Å². The van der Waals surface area contributed by atoms with Gasteiger partial charge in [0.2, 0.25) is 0 Å². The minimum atomic E-state index is -0.137. The molecule has 1 aliphatic heterocycles. The number of amides is 1. The van der Waals surface area contributed by atoms with Crippen LogP contribution in [-0.4, -0.2) is 12.5 Å². The van der Waals surface area contributed by atoms with E-state index < -0.39 is 0 Å². The smallest absolute Gasteiger partial charge is 0.262 e. The zero-order valence-electron chi connectivity index (χ0n) is 10.8. The van der Waals surface area contributed by atoms with E-state index in [1.807, 2.05) is 36.4 Å². The minimum Gasteiger partial charge on any atom is -0.482 e. The number of halogens is 1. The van der Waals surface area contributed by atoms with Gasteiger partial charge in [-0.15, -0.1) is 11.6 Å². The molecule has 102 valence electrons. The Hall–Kier alpha value is -2.00. The van der Waals surface area contributed by atoms with Crippen molar-refractivity contribution in [1.29, 1.82) is 0 Å². The fourth-order valence-corrected chi connectivity index (χ4v) is 2.55. The predicted octanol–water partition coefficient (Wildman–Crippen LogP) is 3.54. The zero-order chi connectivity index (χ0) is 13.9. The molecule has 0 fully saturated rings. The lowest BCUT2D eigenvalue weighted by atomic mass is 10.0. The van der Waals surface area contributed by atoms with Crippen molar-refractivity contribution in [1.82, 2.24) is 0 Å². The summed E-state index contributed by atoms with van der Waals surface area (Å²) in [6.45, 7) is 0.0701. The average molecular weight is 288 g/mol. The third kappa shape index (κ3) is 2.78. The van der Waals surface area contributed by atoms with Crippen LogP contribution in [0.4, 0.5) is 5.69 Å². The van der Waals surface area contributed by atoms with Crippen molar-refractivity contribution in [2.75, 3.05) is 11.9 Å². The van der Waals surface area contributed by atoms with Gasteiger partial charge in [0.25, 0.3) is 5.91 Å². The first-order valence-electron chi connectivity index (χ1n) is 6.47. The van der Waals surface area contributed by atoms with Gasteiger partial charge >= 0.3 is 0 Å². The number of alkyl halides is 1. The number of nitrogens with one attached hydrogen (secondary N) is 1. The van der Waals surface area contributed by atoms with Gasteiger partial charge in [0, 0.05) is 0 Å². The third-order valence-corrected chi connectivity index (χ3v) is 3.66. The number of ether oxygens (including phenoxy) is 1.